The Morgan fingerprint density at radius 2 is 2.16 bits per heavy atom. The minimum atomic E-state index is 0.244. The van der Waals surface area contributed by atoms with Crippen molar-refractivity contribution in [3.63, 3.8) is 0 Å². The molecule has 1 unspecified atom stereocenters. The van der Waals surface area contributed by atoms with E-state index >= 15 is 0 Å². The van der Waals surface area contributed by atoms with Crippen LogP contribution in [-0.4, -0.2) is 12.3 Å². The van der Waals surface area contributed by atoms with E-state index in [1.54, 1.807) is 7.11 Å². The van der Waals surface area contributed by atoms with E-state index in [1.807, 2.05) is 31.2 Å². The first kappa shape index (κ1) is 13.6. The van der Waals surface area contributed by atoms with E-state index in [0.29, 0.717) is 6.54 Å². The quantitative estimate of drug-likeness (QED) is 0.866. The van der Waals surface area contributed by atoms with Crippen LogP contribution in [0.25, 0.3) is 0 Å². The fourth-order valence-electron chi connectivity index (χ4n) is 2.16. The van der Waals surface area contributed by atoms with Gasteiger partial charge in [-0.05, 0) is 19.4 Å². The number of ether oxygens (including phenoxy) is 1. The van der Waals surface area contributed by atoms with Crippen molar-refractivity contribution in [2.24, 2.45) is 0 Å². The van der Waals surface area contributed by atoms with Crippen LogP contribution in [0.1, 0.15) is 36.4 Å². The molecule has 1 heterocycles. The van der Waals surface area contributed by atoms with Crippen LogP contribution in [0.2, 0.25) is 0 Å². The zero-order valence-corrected chi connectivity index (χ0v) is 11.6. The molecule has 1 aromatic heterocycles. The fraction of sp³-hybridized carbons (Fsp3) is 0.400. The molecule has 0 saturated heterocycles. The van der Waals surface area contributed by atoms with Crippen molar-refractivity contribution >= 4 is 0 Å². The number of aromatic nitrogens is 1. The molecule has 0 fully saturated rings. The molecule has 0 aliphatic heterocycles. The molecular weight excluding hydrogens is 240 g/mol. The molecule has 0 bridgehead atoms. The summed E-state index contributed by atoms with van der Waals surface area (Å²) in [7, 11) is 1.70. The molecule has 4 nitrogen and oxygen atoms in total. The molecular formula is C15H20N2O2. The molecule has 1 N–H and O–H groups in total. The maximum atomic E-state index is 5.41. The Balaban J connectivity index is 2.07. The smallest absolute Gasteiger partial charge is 0.133 e. The van der Waals surface area contributed by atoms with Gasteiger partial charge in [-0.25, -0.2) is 0 Å². The van der Waals surface area contributed by atoms with E-state index in [0.717, 1.165) is 23.6 Å². The summed E-state index contributed by atoms with van der Waals surface area (Å²) < 4.78 is 10.5. The molecule has 2 rings (SSSR count). The van der Waals surface area contributed by atoms with E-state index in [1.165, 1.54) is 5.56 Å². The van der Waals surface area contributed by atoms with E-state index in [9.17, 15) is 0 Å². The molecule has 19 heavy (non-hydrogen) atoms. The maximum Gasteiger partial charge on any atom is 0.133 e. The zero-order valence-electron chi connectivity index (χ0n) is 11.6. The lowest BCUT2D eigenvalue weighted by atomic mass is 10.0. The predicted octanol–water partition coefficient (Wildman–Crippen LogP) is 3.23. The molecule has 0 aliphatic carbocycles. The summed E-state index contributed by atoms with van der Waals surface area (Å²) in [6.07, 6.45) is 0.983. The first-order valence-corrected chi connectivity index (χ1v) is 6.53. The summed E-state index contributed by atoms with van der Waals surface area (Å²) in [6.45, 7) is 4.74. The number of rotatable bonds is 6. The van der Waals surface area contributed by atoms with Gasteiger partial charge in [-0.15, -0.1) is 0 Å². The van der Waals surface area contributed by atoms with E-state index in [2.05, 4.69) is 23.5 Å². The summed E-state index contributed by atoms with van der Waals surface area (Å²) in [5.41, 5.74) is 2.10. The molecule has 102 valence electrons. The summed E-state index contributed by atoms with van der Waals surface area (Å²) in [6, 6.07) is 10.3. The van der Waals surface area contributed by atoms with Gasteiger partial charge in [0.25, 0.3) is 0 Å². The van der Waals surface area contributed by atoms with Gasteiger partial charge in [0.15, 0.2) is 0 Å². The Labute approximate surface area is 113 Å². The Morgan fingerprint density at radius 1 is 1.37 bits per heavy atom. The highest BCUT2D eigenvalue weighted by Gasteiger charge is 2.14. The second-order valence-corrected chi connectivity index (χ2v) is 4.51. The second kappa shape index (κ2) is 6.38. The molecule has 0 spiro atoms. The second-order valence-electron chi connectivity index (χ2n) is 4.51. The number of hydrogen-bond donors (Lipinski definition) is 1. The van der Waals surface area contributed by atoms with Crippen molar-refractivity contribution in [2.75, 3.05) is 7.11 Å². The van der Waals surface area contributed by atoms with Crippen molar-refractivity contribution in [2.45, 2.75) is 32.9 Å². The SMILES string of the molecule is CCC(NCc1cc(C)on1)c1ccccc1OC. The summed E-state index contributed by atoms with van der Waals surface area (Å²) >= 11 is 0. The minimum absolute atomic E-state index is 0.244. The monoisotopic (exact) mass is 260 g/mol. The van der Waals surface area contributed by atoms with Gasteiger partial charge < -0.3 is 14.6 Å². The van der Waals surface area contributed by atoms with Crippen molar-refractivity contribution in [1.29, 1.82) is 0 Å². The van der Waals surface area contributed by atoms with Gasteiger partial charge >= 0.3 is 0 Å². The zero-order chi connectivity index (χ0) is 13.7. The fourth-order valence-corrected chi connectivity index (χ4v) is 2.16. The van der Waals surface area contributed by atoms with Gasteiger partial charge in [0, 0.05) is 24.2 Å². The summed E-state index contributed by atoms with van der Waals surface area (Å²) in [5.74, 6) is 1.75. The average molecular weight is 260 g/mol. The third-order valence-electron chi connectivity index (χ3n) is 3.13. The van der Waals surface area contributed by atoms with Gasteiger partial charge in [0.2, 0.25) is 0 Å². The lowest BCUT2D eigenvalue weighted by Crippen LogP contribution is -2.21. The van der Waals surface area contributed by atoms with Gasteiger partial charge in [-0.2, -0.15) is 0 Å². The van der Waals surface area contributed by atoms with E-state index < -0.39 is 0 Å². The van der Waals surface area contributed by atoms with Gasteiger partial charge in [-0.3, -0.25) is 0 Å². The molecule has 1 atom stereocenters. The lowest BCUT2D eigenvalue weighted by molar-refractivity contribution is 0.380. The number of aryl methyl sites for hydroxylation is 1. The van der Waals surface area contributed by atoms with Crippen LogP contribution in [-0.2, 0) is 6.54 Å². The highest BCUT2D eigenvalue weighted by Crippen LogP contribution is 2.26. The molecule has 4 heteroatoms. The molecule has 2 aromatic rings. The average Bonchev–Trinajstić information content (AvgIpc) is 2.86. The Morgan fingerprint density at radius 3 is 2.79 bits per heavy atom. The first-order valence-electron chi connectivity index (χ1n) is 6.53. The van der Waals surface area contributed by atoms with Gasteiger partial charge in [0.1, 0.15) is 11.5 Å². The number of methoxy groups -OCH3 is 1. The number of benzene rings is 1. The van der Waals surface area contributed by atoms with Crippen LogP contribution in [0.4, 0.5) is 0 Å². The van der Waals surface area contributed by atoms with E-state index in [4.69, 9.17) is 9.26 Å². The van der Waals surface area contributed by atoms with Crippen LogP contribution in [0.3, 0.4) is 0 Å². The Bertz CT molecular complexity index is 522. The lowest BCUT2D eigenvalue weighted by Gasteiger charge is -2.19. The molecule has 0 amide bonds. The van der Waals surface area contributed by atoms with Crippen LogP contribution < -0.4 is 10.1 Å². The number of nitrogens with zero attached hydrogens (tertiary/aromatic N) is 1. The number of nitrogens with one attached hydrogen (secondary N) is 1. The molecule has 0 radical (unpaired) electrons. The predicted molar refractivity (Wildman–Crippen MR) is 74.1 cm³/mol. The van der Waals surface area contributed by atoms with Crippen molar-refractivity contribution in [1.82, 2.24) is 10.5 Å². The topological polar surface area (TPSA) is 47.3 Å². The Hall–Kier alpha value is -1.81. The van der Waals surface area contributed by atoms with E-state index in [-0.39, 0.29) is 6.04 Å². The van der Waals surface area contributed by atoms with Crippen LogP contribution >= 0.6 is 0 Å². The van der Waals surface area contributed by atoms with Crippen LogP contribution in [0.15, 0.2) is 34.9 Å². The largest absolute Gasteiger partial charge is 0.496 e. The number of para-hydroxylation sites is 1. The third-order valence-corrected chi connectivity index (χ3v) is 3.13. The van der Waals surface area contributed by atoms with Crippen LogP contribution in [0, 0.1) is 6.92 Å². The summed E-state index contributed by atoms with van der Waals surface area (Å²) in [4.78, 5) is 0. The third kappa shape index (κ3) is 3.35. The van der Waals surface area contributed by atoms with Gasteiger partial charge in [-0.1, -0.05) is 30.3 Å². The minimum Gasteiger partial charge on any atom is -0.496 e. The maximum absolute atomic E-state index is 5.41. The van der Waals surface area contributed by atoms with Crippen molar-refractivity contribution in [3.05, 3.63) is 47.3 Å². The Kier molecular flexibility index (Phi) is 4.58. The van der Waals surface area contributed by atoms with Gasteiger partial charge in [0.05, 0.1) is 12.8 Å². The van der Waals surface area contributed by atoms with Crippen molar-refractivity contribution < 1.29 is 9.26 Å². The normalized spacial score (nSPS) is 12.4. The highest BCUT2D eigenvalue weighted by molar-refractivity contribution is 5.35. The van der Waals surface area contributed by atoms with Crippen molar-refractivity contribution in [3.8, 4) is 5.75 Å². The highest BCUT2D eigenvalue weighted by atomic mass is 16.5. The molecule has 0 saturated carbocycles. The number of hydrogen-bond acceptors (Lipinski definition) is 4. The summed E-state index contributed by atoms with van der Waals surface area (Å²) in [5, 5.41) is 7.48. The first-order chi connectivity index (χ1) is 9.24. The van der Waals surface area contributed by atoms with Crippen LogP contribution in [0.5, 0.6) is 5.75 Å². The standard InChI is InChI=1S/C15H20N2O2/c1-4-14(13-7-5-6-8-15(13)18-3)16-10-12-9-11(2)19-17-12/h5-9,14,16H,4,10H2,1-3H3. The molecule has 1 aromatic carbocycles. The molecule has 0 aliphatic rings.